The number of hydrogen-bond acceptors (Lipinski definition) is 9. The van der Waals surface area contributed by atoms with Gasteiger partial charge in [-0.1, -0.05) is 30.3 Å². The van der Waals surface area contributed by atoms with Crippen LogP contribution in [0.25, 0.3) is 16.5 Å². The molecule has 0 saturated carbocycles. The lowest BCUT2D eigenvalue weighted by Crippen LogP contribution is -2.53. The predicted molar refractivity (Wildman–Crippen MR) is 182 cm³/mol. The van der Waals surface area contributed by atoms with E-state index in [1.807, 2.05) is 4.90 Å². The Hall–Kier alpha value is -5.06. The number of hydrogen-bond donors (Lipinski definition) is 1. The Labute approximate surface area is 295 Å². The van der Waals surface area contributed by atoms with Crippen LogP contribution >= 0.6 is 0 Å². The van der Waals surface area contributed by atoms with Gasteiger partial charge in [-0.15, -0.1) is 0 Å². The van der Waals surface area contributed by atoms with Gasteiger partial charge in [0.15, 0.2) is 0 Å². The predicted octanol–water partition coefficient (Wildman–Crippen LogP) is 2.94. The number of ether oxygens (including phenoxy) is 3. The first-order valence-corrected chi connectivity index (χ1v) is 16.6. The molecule has 16 heteroatoms. The highest BCUT2D eigenvalue weighted by Gasteiger charge is 2.46. The number of fused-ring (bicyclic) bond motifs is 1. The SMILES string of the molecule is COC(=O)[C@H](Cc1cccc2c(-n3c(=O)ccn(C)c3=O)cccc12)NC(=O)c1c(F)cc(N2CCOC[C@@H]2C(F)(F)F)cc1CN1CCOCC1. The van der Waals surface area contributed by atoms with Crippen LogP contribution in [0.2, 0.25) is 0 Å². The number of nitrogens with zero attached hydrogens (tertiary/aromatic N) is 4. The summed E-state index contributed by atoms with van der Waals surface area (Å²) in [6.45, 7) is 0.936. The van der Waals surface area contributed by atoms with E-state index < -0.39 is 59.4 Å². The molecule has 4 aromatic rings. The number of morpholine rings is 2. The van der Waals surface area contributed by atoms with E-state index in [2.05, 4.69) is 5.32 Å². The van der Waals surface area contributed by atoms with Gasteiger partial charge >= 0.3 is 17.8 Å². The summed E-state index contributed by atoms with van der Waals surface area (Å²) in [5, 5.41) is 3.70. The molecular formula is C36H37F4N5O7. The summed E-state index contributed by atoms with van der Waals surface area (Å²) in [6, 6.07) is 10.3. The highest BCUT2D eigenvalue weighted by atomic mass is 19.4. The van der Waals surface area contributed by atoms with Gasteiger partial charge in [-0.05, 0) is 34.7 Å². The van der Waals surface area contributed by atoms with E-state index in [4.69, 9.17) is 14.2 Å². The molecule has 2 aliphatic rings. The lowest BCUT2D eigenvalue weighted by Gasteiger charge is -2.38. The van der Waals surface area contributed by atoms with Crippen LogP contribution in [-0.2, 0) is 39.0 Å². The minimum atomic E-state index is -4.65. The van der Waals surface area contributed by atoms with Crippen molar-refractivity contribution >= 4 is 28.3 Å². The minimum absolute atomic E-state index is 0.00441. The lowest BCUT2D eigenvalue weighted by atomic mass is 9.97. The monoisotopic (exact) mass is 727 g/mol. The molecule has 1 amide bonds. The van der Waals surface area contributed by atoms with Crippen LogP contribution in [0.4, 0.5) is 23.2 Å². The van der Waals surface area contributed by atoms with Crippen LogP contribution in [0.3, 0.4) is 0 Å². The number of halogens is 4. The Morgan fingerprint density at radius 1 is 0.962 bits per heavy atom. The van der Waals surface area contributed by atoms with Gasteiger partial charge in [0.05, 0.1) is 44.8 Å². The number of nitrogens with one attached hydrogen (secondary N) is 1. The average Bonchev–Trinajstić information content (AvgIpc) is 3.12. The van der Waals surface area contributed by atoms with Gasteiger partial charge in [0, 0.05) is 63.0 Å². The molecule has 2 atom stereocenters. The molecule has 0 spiro atoms. The van der Waals surface area contributed by atoms with Gasteiger partial charge in [-0.25, -0.2) is 18.5 Å². The molecule has 6 rings (SSSR count). The standard InChI is InChI=1S/C36H37F4N5O7/c1-42-10-9-31(46)45(35(42)49)29-8-4-6-25-22(5-3-7-26(25)29)18-28(34(48)50-2)41-33(47)32-23(20-43-11-14-51-15-12-43)17-24(19-27(32)37)44-13-16-52-21-30(44)36(38,39)40/h3-10,17,19,28,30H,11-16,18,20-21H2,1-2H3,(H,41,47)/t28-,30+/m0/s1. The zero-order valence-corrected chi connectivity index (χ0v) is 28.5. The second kappa shape index (κ2) is 15.3. The van der Waals surface area contributed by atoms with E-state index in [0.29, 0.717) is 48.3 Å². The molecule has 3 aromatic carbocycles. The van der Waals surface area contributed by atoms with Gasteiger partial charge in [0.1, 0.15) is 17.9 Å². The number of rotatable bonds is 9. The van der Waals surface area contributed by atoms with Crippen molar-refractivity contribution in [2.45, 2.75) is 31.2 Å². The number of carbonyl (C=O) groups excluding carboxylic acids is 2. The molecule has 1 aromatic heterocycles. The van der Waals surface area contributed by atoms with Crippen LogP contribution in [0, 0.1) is 5.82 Å². The van der Waals surface area contributed by atoms with Crippen LogP contribution in [-0.4, -0.2) is 97.3 Å². The number of aryl methyl sites for hydroxylation is 1. The summed E-state index contributed by atoms with van der Waals surface area (Å²) >= 11 is 0. The normalized spacial score (nSPS) is 17.6. The summed E-state index contributed by atoms with van der Waals surface area (Å²) < 4.78 is 75.9. The largest absolute Gasteiger partial charge is 0.467 e. The molecular weight excluding hydrogens is 690 g/mol. The molecule has 0 radical (unpaired) electrons. The molecule has 0 bridgehead atoms. The number of benzene rings is 3. The summed E-state index contributed by atoms with van der Waals surface area (Å²) in [4.78, 5) is 55.8. The van der Waals surface area contributed by atoms with Gasteiger partial charge in [0.25, 0.3) is 11.5 Å². The Morgan fingerprint density at radius 3 is 2.40 bits per heavy atom. The molecule has 2 fully saturated rings. The zero-order chi connectivity index (χ0) is 37.2. The van der Waals surface area contributed by atoms with Crippen molar-refractivity contribution in [3.05, 3.63) is 104 Å². The maximum Gasteiger partial charge on any atom is 0.411 e. The Kier molecular flexibility index (Phi) is 10.8. The van der Waals surface area contributed by atoms with Crippen molar-refractivity contribution in [1.82, 2.24) is 19.4 Å². The molecule has 2 saturated heterocycles. The first kappa shape index (κ1) is 36.7. The Bertz CT molecular complexity index is 2090. The number of methoxy groups -OCH3 is 1. The number of anilines is 1. The number of alkyl halides is 3. The van der Waals surface area contributed by atoms with E-state index in [0.717, 1.165) is 22.6 Å². The molecule has 276 valence electrons. The molecule has 3 heterocycles. The van der Waals surface area contributed by atoms with E-state index in [1.165, 1.54) is 29.9 Å². The highest BCUT2D eigenvalue weighted by Crippen LogP contribution is 2.34. The fraction of sp³-hybridized carbons (Fsp3) is 0.389. The molecule has 2 aliphatic heterocycles. The van der Waals surface area contributed by atoms with Gasteiger partial charge in [-0.2, -0.15) is 13.2 Å². The van der Waals surface area contributed by atoms with Crippen LogP contribution in [0.15, 0.2) is 70.4 Å². The van der Waals surface area contributed by atoms with E-state index in [1.54, 1.807) is 36.4 Å². The maximum atomic E-state index is 16.1. The van der Waals surface area contributed by atoms with Crippen LogP contribution < -0.4 is 21.5 Å². The van der Waals surface area contributed by atoms with Gasteiger partial charge in [-0.3, -0.25) is 14.5 Å². The fourth-order valence-corrected chi connectivity index (χ4v) is 6.68. The third kappa shape index (κ3) is 7.59. The summed E-state index contributed by atoms with van der Waals surface area (Å²) in [7, 11) is 2.65. The Balaban J connectivity index is 1.36. The highest BCUT2D eigenvalue weighted by molar-refractivity contribution is 5.99. The molecule has 0 aliphatic carbocycles. The first-order valence-electron chi connectivity index (χ1n) is 16.6. The van der Waals surface area contributed by atoms with E-state index in [-0.39, 0.29) is 37.4 Å². The molecule has 0 unspecified atom stereocenters. The second-order valence-corrected chi connectivity index (χ2v) is 12.6. The molecule has 52 heavy (non-hydrogen) atoms. The molecule has 1 N–H and O–H groups in total. The van der Waals surface area contributed by atoms with Crippen molar-refractivity contribution < 1.29 is 41.4 Å². The minimum Gasteiger partial charge on any atom is -0.467 e. The fourth-order valence-electron chi connectivity index (χ4n) is 6.68. The smallest absolute Gasteiger partial charge is 0.411 e. The van der Waals surface area contributed by atoms with Crippen molar-refractivity contribution in [3.63, 3.8) is 0 Å². The van der Waals surface area contributed by atoms with Gasteiger partial charge in [0.2, 0.25) is 0 Å². The Morgan fingerprint density at radius 2 is 1.67 bits per heavy atom. The summed E-state index contributed by atoms with van der Waals surface area (Å²) in [5.41, 5.74) is -0.572. The topological polar surface area (TPSA) is 124 Å². The first-order chi connectivity index (χ1) is 24.9. The third-order valence-corrected chi connectivity index (χ3v) is 9.32. The summed E-state index contributed by atoms with van der Waals surface area (Å²) in [5.74, 6) is -2.85. The zero-order valence-electron chi connectivity index (χ0n) is 28.5. The van der Waals surface area contributed by atoms with Crippen molar-refractivity contribution in [3.8, 4) is 5.69 Å². The van der Waals surface area contributed by atoms with Gasteiger partial charge < -0.3 is 29.0 Å². The van der Waals surface area contributed by atoms with Crippen molar-refractivity contribution in [2.24, 2.45) is 7.05 Å². The second-order valence-electron chi connectivity index (χ2n) is 12.6. The lowest BCUT2D eigenvalue weighted by molar-refractivity contribution is -0.167. The van der Waals surface area contributed by atoms with Crippen molar-refractivity contribution in [2.75, 3.05) is 58.1 Å². The van der Waals surface area contributed by atoms with Crippen LogP contribution in [0.1, 0.15) is 21.5 Å². The van der Waals surface area contributed by atoms with Crippen LogP contribution in [0.5, 0.6) is 0 Å². The summed E-state index contributed by atoms with van der Waals surface area (Å²) in [6.07, 6.45) is -3.41. The van der Waals surface area contributed by atoms with Crippen molar-refractivity contribution in [1.29, 1.82) is 0 Å². The number of carbonyl (C=O) groups is 2. The maximum absolute atomic E-state index is 16.1. The number of amides is 1. The quantitative estimate of drug-likeness (QED) is 0.205. The molecule has 12 nitrogen and oxygen atoms in total. The average molecular weight is 728 g/mol. The third-order valence-electron chi connectivity index (χ3n) is 9.32. The number of esters is 1. The number of aromatic nitrogens is 2. The van der Waals surface area contributed by atoms with E-state index in [9.17, 15) is 32.3 Å². The van der Waals surface area contributed by atoms with E-state index >= 15 is 4.39 Å².